The second-order valence-corrected chi connectivity index (χ2v) is 9.70. The van der Waals surface area contributed by atoms with Crippen LogP contribution < -0.4 is 9.64 Å². The number of methoxy groups -OCH3 is 1. The molecule has 1 aromatic heterocycles. The summed E-state index contributed by atoms with van der Waals surface area (Å²) < 4.78 is 12.1. The van der Waals surface area contributed by atoms with Gasteiger partial charge in [0.1, 0.15) is 11.3 Å². The summed E-state index contributed by atoms with van der Waals surface area (Å²) in [6.07, 6.45) is 1.26. The second kappa shape index (κ2) is 10.6. The smallest absolute Gasteiger partial charge is 0.233 e. The third-order valence-corrected chi connectivity index (χ3v) is 7.46. The monoisotopic (exact) mass is 467 g/mol. The summed E-state index contributed by atoms with van der Waals surface area (Å²) in [4.78, 5) is 22.7. The van der Waals surface area contributed by atoms with Crippen molar-refractivity contribution in [1.82, 2.24) is 9.88 Å². The molecule has 0 spiro atoms. The average Bonchev–Trinajstić information content (AvgIpc) is 3.25. The number of fused-ring (bicyclic) bond motifs is 1. The predicted octanol–water partition coefficient (Wildman–Crippen LogP) is 4.53. The van der Waals surface area contributed by atoms with Gasteiger partial charge in [0.15, 0.2) is 5.13 Å². The van der Waals surface area contributed by atoms with Crippen LogP contribution in [0, 0.1) is 20.8 Å². The summed E-state index contributed by atoms with van der Waals surface area (Å²) in [5, 5.41) is 0.745. The zero-order valence-corrected chi connectivity index (χ0v) is 20.8. The van der Waals surface area contributed by atoms with E-state index in [1.165, 1.54) is 5.56 Å². The van der Waals surface area contributed by atoms with Crippen molar-refractivity contribution in [2.45, 2.75) is 33.6 Å². The molecule has 1 aliphatic heterocycles. The Labute approximate surface area is 200 Å². The van der Waals surface area contributed by atoms with Crippen LogP contribution in [0.15, 0.2) is 30.3 Å². The quantitative estimate of drug-likeness (QED) is 0.487. The van der Waals surface area contributed by atoms with Crippen LogP contribution in [0.25, 0.3) is 10.2 Å². The van der Waals surface area contributed by atoms with Crippen molar-refractivity contribution in [3.05, 3.63) is 52.6 Å². The number of nitrogens with zero attached hydrogens (tertiary/aromatic N) is 3. The van der Waals surface area contributed by atoms with E-state index in [1.54, 1.807) is 18.4 Å². The van der Waals surface area contributed by atoms with Crippen LogP contribution in [0.2, 0.25) is 0 Å². The number of benzene rings is 2. The van der Waals surface area contributed by atoms with Gasteiger partial charge >= 0.3 is 0 Å². The molecule has 1 aliphatic rings. The van der Waals surface area contributed by atoms with E-state index in [-0.39, 0.29) is 5.91 Å². The topological polar surface area (TPSA) is 54.9 Å². The van der Waals surface area contributed by atoms with E-state index in [4.69, 9.17) is 14.5 Å². The first-order chi connectivity index (χ1) is 16.0. The molecule has 0 radical (unpaired) electrons. The number of amides is 1. The Morgan fingerprint density at radius 3 is 2.67 bits per heavy atom. The molecule has 0 aliphatic carbocycles. The standard InChI is InChI=1S/C26H33N3O3S/c1-18-6-8-21(20(3)16-18)17-23(30)29(11-5-10-28-12-14-32-15-13-28)26-27-24-22(31-4)9-7-19(2)25(24)33-26/h6-9,16H,5,10-15,17H2,1-4H3. The van der Waals surface area contributed by atoms with Gasteiger partial charge in [-0.05, 0) is 49.9 Å². The van der Waals surface area contributed by atoms with Crippen molar-refractivity contribution < 1.29 is 14.3 Å². The highest BCUT2D eigenvalue weighted by molar-refractivity contribution is 7.22. The number of aromatic nitrogens is 1. The van der Waals surface area contributed by atoms with Crippen molar-refractivity contribution in [2.75, 3.05) is 51.4 Å². The van der Waals surface area contributed by atoms with Gasteiger partial charge in [0.25, 0.3) is 0 Å². The van der Waals surface area contributed by atoms with E-state index in [1.807, 2.05) is 17.0 Å². The minimum atomic E-state index is 0.0830. The van der Waals surface area contributed by atoms with E-state index < -0.39 is 0 Å². The summed E-state index contributed by atoms with van der Waals surface area (Å²) in [7, 11) is 1.66. The van der Waals surface area contributed by atoms with Crippen LogP contribution >= 0.6 is 11.3 Å². The van der Waals surface area contributed by atoms with Gasteiger partial charge in [-0.25, -0.2) is 4.98 Å². The molecule has 0 atom stereocenters. The molecule has 4 rings (SSSR count). The molecule has 176 valence electrons. The lowest BCUT2D eigenvalue weighted by Crippen LogP contribution is -2.39. The van der Waals surface area contributed by atoms with Crippen LogP contribution in [0.1, 0.15) is 28.7 Å². The Bertz CT molecular complexity index is 1120. The lowest BCUT2D eigenvalue weighted by Gasteiger charge is -2.27. The molecule has 6 nitrogen and oxygen atoms in total. The summed E-state index contributed by atoms with van der Waals surface area (Å²) in [5.74, 6) is 0.827. The SMILES string of the molecule is COc1ccc(C)c2sc(N(CCCN3CCOCC3)C(=O)Cc3ccc(C)cc3C)nc12. The molecule has 0 bridgehead atoms. The molecule has 1 fully saturated rings. The molecule has 2 aromatic carbocycles. The second-order valence-electron chi connectivity index (χ2n) is 8.72. The van der Waals surface area contributed by atoms with Crippen molar-refractivity contribution in [3.8, 4) is 5.75 Å². The number of hydrogen-bond donors (Lipinski definition) is 0. The molecule has 33 heavy (non-hydrogen) atoms. The van der Waals surface area contributed by atoms with E-state index >= 15 is 0 Å². The number of thiazole rings is 1. The third-order valence-electron chi connectivity index (χ3n) is 6.24. The third kappa shape index (κ3) is 5.54. The number of rotatable bonds is 8. The molecule has 7 heteroatoms. The normalized spacial score (nSPS) is 14.5. The highest BCUT2D eigenvalue weighted by Gasteiger charge is 2.23. The fourth-order valence-corrected chi connectivity index (χ4v) is 5.38. The number of anilines is 1. The largest absolute Gasteiger partial charge is 0.494 e. The lowest BCUT2D eigenvalue weighted by atomic mass is 10.0. The first-order valence-electron chi connectivity index (χ1n) is 11.6. The van der Waals surface area contributed by atoms with Crippen molar-refractivity contribution in [1.29, 1.82) is 0 Å². The Balaban J connectivity index is 1.59. The number of carbonyl (C=O) groups is 1. The Hall–Kier alpha value is -2.48. The summed E-state index contributed by atoms with van der Waals surface area (Å²) in [6.45, 7) is 11.3. The molecule has 1 amide bonds. The maximum absolute atomic E-state index is 13.6. The summed E-state index contributed by atoms with van der Waals surface area (Å²) in [6, 6.07) is 10.3. The molecule has 0 unspecified atom stereocenters. The van der Waals surface area contributed by atoms with Gasteiger partial charge in [-0.15, -0.1) is 0 Å². The summed E-state index contributed by atoms with van der Waals surface area (Å²) in [5.41, 5.74) is 5.40. The average molecular weight is 468 g/mol. The number of carbonyl (C=O) groups excluding carboxylic acids is 1. The number of hydrogen-bond acceptors (Lipinski definition) is 6. The maximum atomic E-state index is 13.6. The van der Waals surface area contributed by atoms with Gasteiger partial charge in [0.2, 0.25) is 5.91 Å². The van der Waals surface area contributed by atoms with E-state index in [0.717, 1.165) is 77.1 Å². The summed E-state index contributed by atoms with van der Waals surface area (Å²) >= 11 is 1.57. The minimum absolute atomic E-state index is 0.0830. The van der Waals surface area contributed by atoms with Gasteiger partial charge in [0, 0.05) is 26.2 Å². The van der Waals surface area contributed by atoms with E-state index in [9.17, 15) is 4.79 Å². The molecule has 1 saturated heterocycles. The minimum Gasteiger partial charge on any atom is -0.494 e. The molecular formula is C26H33N3O3S. The molecule has 0 N–H and O–H groups in total. The van der Waals surface area contributed by atoms with Crippen LogP contribution in [0.3, 0.4) is 0 Å². The van der Waals surface area contributed by atoms with Crippen LogP contribution in [0.4, 0.5) is 5.13 Å². The van der Waals surface area contributed by atoms with E-state index in [2.05, 4.69) is 43.9 Å². The Kier molecular flexibility index (Phi) is 7.63. The zero-order chi connectivity index (χ0) is 23.4. The highest BCUT2D eigenvalue weighted by Crippen LogP contribution is 2.36. The molecule has 2 heterocycles. The van der Waals surface area contributed by atoms with Gasteiger partial charge in [-0.3, -0.25) is 14.6 Å². The van der Waals surface area contributed by atoms with Gasteiger partial charge in [-0.2, -0.15) is 0 Å². The van der Waals surface area contributed by atoms with Crippen molar-refractivity contribution in [3.63, 3.8) is 0 Å². The van der Waals surface area contributed by atoms with Gasteiger partial charge < -0.3 is 9.47 Å². The first-order valence-corrected chi connectivity index (χ1v) is 12.4. The fraction of sp³-hybridized carbons (Fsp3) is 0.462. The van der Waals surface area contributed by atoms with Crippen LogP contribution in [0.5, 0.6) is 5.75 Å². The van der Waals surface area contributed by atoms with E-state index in [0.29, 0.717) is 13.0 Å². The predicted molar refractivity (Wildman–Crippen MR) is 135 cm³/mol. The maximum Gasteiger partial charge on any atom is 0.233 e. The van der Waals surface area contributed by atoms with Crippen molar-refractivity contribution >= 4 is 32.6 Å². The fourth-order valence-electron chi connectivity index (χ4n) is 4.29. The Morgan fingerprint density at radius 2 is 1.94 bits per heavy atom. The molecule has 3 aromatic rings. The Morgan fingerprint density at radius 1 is 1.15 bits per heavy atom. The van der Waals surface area contributed by atoms with Crippen LogP contribution in [-0.4, -0.2) is 62.3 Å². The van der Waals surface area contributed by atoms with Crippen LogP contribution in [-0.2, 0) is 16.0 Å². The number of aryl methyl sites for hydroxylation is 3. The molecule has 0 saturated carbocycles. The zero-order valence-electron chi connectivity index (χ0n) is 20.0. The lowest BCUT2D eigenvalue weighted by molar-refractivity contribution is -0.118. The van der Waals surface area contributed by atoms with Gasteiger partial charge in [0.05, 0.1) is 31.4 Å². The van der Waals surface area contributed by atoms with Crippen molar-refractivity contribution in [2.24, 2.45) is 0 Å². The first kappa shape index (κ1) is 23.7. The van der Waals surface area contributed by atoms with Gasteiger partial charge in [-0.1, -0.05) is 41.2 Å². The number of ether oxygens (including phenoxy) is 2. The molecular weight excluding hydrogens is 434 g/mol. The number of morpholine rings is 1. The highest BCUT2D eigenvalue weighted by atomic mass is 32.1.